The molecule has 0 saturated heterocycles. The molecule has 2 aromatic carbocycles. The van der Waals surface area contributed by atoms with Crippen LogP contribution < -0.4 is 14.6 Å². The molecule has 0 radical (unpaired) electrons. The minimum Gasteiger partial charge on any atom is -0.533 e. The molecule has 0 bridgehead atoms. The number of para-hydroxylation sites is 1. The Labute approximate surface area is 118 Å². The van der Waals surface area contributed by atoms with Gasteiger partial charge in [-0.25, -0.2) is 0 Å². The highest BCUT2D eigenvalue weighted by Crippen LogP contribution is 2.53. The summed E-state index contributed by atoms with van der Waals surface area (Å²) in [5.74, 6) is -0.941. The number of hydrogen-bond acceptors (Lipinski definition) is 4. The quantitative estimate of drug-likeness (QED) is 0.636. The normalized spacial score (nSPS) is 11.1. The van der Waals surface area contributed by atoms with Crippen molar-refractivity contribution >= 4 is 35.7 Å². The molecule has 0 spiro atoms. The third-order valence-electron chi connectivity index (χ3n) is 2.36. The van der Waals surface area contributed by atoms with Crippen LogP contribution in [0.3, 0.4) is 0 Å². The lowest BCUT2D eigenvalue weighted by molar-refractivity contribution is 0.415. The molecule has 0 amide bonds. The summed E-state index contributed by atoms with van der Waals surface area (Å²) in [6.45, 7) is 0. The van der Waals surface area contributed by atoms with Crippen molar-refractivity contribution in [2.24, 2.45) is 0 Å². The monoisotopic (exact) mass is 295 g/mol. The van der Waals surface area contributed by atoms with E-state index in [1.165, 1.54) is 0 Å². The number of hydrogen-bond donors (Lipinski definition) is 0. The molecule has 0 aliphatic rings. The maximum atomic E-state index is 5.76. The van der Waals surface area contributed by atoms with E-state index >= 15 is 0 Å². The molecule has 0 saturated carbocycles. The Morgan fingerprint density at radius 3 is 2.00 bits per heavy atom. The van der Waals surface area contributed by atoms with Crippen LogP contribution in [0.4, 0.5) is 0 Å². The second kappa shape index (κ2) is 5.87. The zero-order valence-corrected chi connectivity index (χ0v) is 12.3. The number of methoxy groups -OCH3 is 1. The van der Waals surface area contributed by atoms with Crippen molar-refractivity contribution < 1.29 is 9.26 Å². The van der Waals surface area contributed by atoms with Crippen LogP contribution >= 0.6 is 5.89 Å². The van der Waals surface area contributed by atoms with Crippen LogP contribution in [0, 0.1) is 0 Å². The molecule has 0 aliphatic heterocycles. The van der Waals surface area contributed by atoms with Crippen molar-refractivity contribution in [2.45, 2.75) is 0 Å². The van der Waals surface area contributed by atoms with Gasteiger partial charge < -0.3 is 33.8 Å². The van der Waals surface area contributed by atoms with Gasteiger partial charge >= 0.3 is 0 Å². The van der Waals surface area contributed by atoms with Gasteiger partial charge in [-0.15, -0.1) is 0 Å². The topological polar surface area (TPSA) is 18.5 Å². The summed E-state index contributed by atoms with van der Waals surface area (Å²) in [5, 5.41) is 0.858. The summed E-state index contributed by atoms with van der Waals surface area (Å²) in [4.78, 5) is 0. The van der Waals surface area contributed by atoms with E-state index < -0.39 is 5.89 Å². The Morgan fingerprint density at radius 1 is 0.833 bits per heavy atom. The van der Waals surface area contributed by atoms with E-state index in [1.54, 1.807) is 7.11 Å². The van der Waals surface area contributed by atoms with Gasteiger partial charge in [-0.3, -0.25) is 0 Å². The van der Waals surface area contributed by atoms with E-state index in [9.17, 15) is 0 Å². The van der Waals surface area contributed by atoms with Crippen molar-refractivity contribution in [2.75, 3.05) is 7.11 Å². The first-order valence-corrected chi connectivity index (χ1v) is 9.05. The van der Waals surface area contributed by atoms with Crippen LogP contribution in [0.25, 0.3) is 0 Å². The predicted molar refractivity (Wildman–Crippen MR) is 81.3 cm³/mol. The summed E-state index contributed by atoms with van der Waals surface area (Å²) in [5.41, 5.74) is 0. The molecular formula is C13H12O2PS2-. The van der Waals surface area contributed by atoms with Crippen molar-refractivity contribution in [3.8, 4) is 11.5 Å². The van der Waals surface area contributed by atoms with E-state index in [-0.39, 0.29) is 0 Å². The highest BCUT2D eigenvalue weighted by molar-refractivity contribution is 8.74. The zero-order chi connectivity index (χ0) is 13.0. The van der Waals surface area contributed by atoms with E-state index in [1.807, 2.05) is 54.6 Å². The van der Waals surface area contributed by atoms with E-state index in [0.717, 1.165) is 11.1 Å². The lowest BCUT2D eigenvalue weighted by Gasteiger charge is -2.37. The maximum Gasteiger partial charge on any atom is 0.168 e. The zero-order valence-electron chi connectivity index (χ0n) is 9.78. The summed E-state index contributed by atoms with van der Waals surface area (Å²) in [6, 6.07) is 16.9. The van der Waals surface area contributed by atoms with Crippen LogP contribution in [-0.4, -0.2) is 7.11 Å². The Morgan fingerprint density at radius 2 is 1.44 bits per heavy atom. The highest BCUT2D eigenvalue weighted by atomic mass is 33.1. The molecule has 0 atom stereocenters. The van der Waals surface area contributed by atoms with Crippen LogP contribution in [0.5, 0.6) is 11.5 Å². The Kier molecular flexibility index (Phi) is 4.44. The molecule has 2 rings (SSSR count). The first-order chi connectivity index (χ1) is 8.62. The van der Waals surface area contributed by atoms with Gasteiger partial charge in [0.2, 0.25) is 0 Å². The Hall–Kier alpha value is -0.830. The third kappa shape index (κ3) is 3.35. The summed E-state index contributed by atoms with van der Waals surface area (Å²) in [7, 11) is 1.62. The molecule has 0 aliphatic carbocycles. The van der Waals surface area contributed by atoms with Crippen LogP contribution in [0.1, 0.15) is 0 Å². The molecule has 0 heterocycles. The van der Waals surface area contributed by atoms with Gasteiger partial charge in [-0.05, 0) is 42.3 Å². The molecule has 0 N–H and O–H groups in total. The van der Waals surface area contributed by atoms with Gasteiger partial charge in [0.25, 0.3) is 0 Å². The number of rotatable bonds is 4. The number of benzene rings is 2. The summed E-state index contributed by atoms with van der Waals surface area (Å²) < 4.78 is 10.9. The van der Waals surface area contributed by atoms with Crippen molar-refractivity contribution in [1.82, 2.24) is 0 Å². The largest absolute Gasteiger partial charge is 0.533 e. The highest BCUT2D eigenvalue weighted by Gasteiger charge is 2.15. The van der Waals surface area contributed by atoms with E-state index in [0.29, 0.717) is 5.75 Å². The smallest absolute Gasteiger partial charge is 0.168 e. The van der Waals surface area contributed by atoms with Crippen molar-refractivity contribution in [1.29, 1.82) is 0 Å². The van der Waals surface area contributed by atoms with Crippen molar-refractivity contribution in [3.05, 3.63) is 54.6 Å². The lowest BCUT2D eigenvalue weighted by atomic mass is 10.3. The van der Waals surface area contributed by atoms with Gasteiger partial charge in [0, 0.05) is 0 Å². The Bertz CT molecular complexity index is 500. The SMILES string of the molecule is COc1ccc([P+]([S-])([S-])Oc2ccccc2)cc1. The predicted octanol–water partition coefficient (Wildman–Crippen LogP) is 3.26. The molecule has 0 aromatic heterocycles. The first-order valence-electron chi connectivity index (χ1n) is 5.32. The molecule has 5 heteroatoms. The Balaban J connectivity index is 2.19. The summed E-state index contributed by atoms with van der Waals surface area (Å²) >= 11 is 10.9. The fourth-order valence-corrected chi connectivity index (χ4v) is 3.70. The molecule has 94 valence electrons. The van der Waals surface area contributed by atoms with E-state index in [4.69, 9.17) is 33.8 Å². The minimum absolute atomic E-state index is 0.714. The summed E-state index contributed by atoms with van der Waals surface area (Å²) in [6.07, 6.45) is 0. The fraction of sp³-hybridized carbons (Fsp3) is 0.0769. The maximum absolute atomic E-state index is 5.76. The van der Waals surface area contributed by atoms with Gasteiger partial charge in [0.1, 0.15) is 5.75 Å². The third-order valence-corrected chi connectivity index (χ3v) is 5.45. The average Bonchev–Trinajstić information content (AvgIpc) is 2.39. The van der Waals surface area contributed by atoms with Crippen molar-refractivity contribution in [3.63, 3.8) is 0 Å². The molecule has 18 heavy (non-hydrogen) atoms. The molecular weight excluding hydrogens is 283 g/mol. The standard InChI is InChI=1S/C13H13O2PS2/c1-14-11-7-9-13(10-8-11)16(17,18)15-12-5-3-2-4-6-12/h2-10H,1H3,(H,17,18)/p-1. The van der Waals surface area contributed by atoms with Crippen LogP contribution in [-0.2, 0) is 24.5 Å². The molecule has 0 fully saturated rings. The van der Waals surface area contributed by atoms with Gasteiger partial charge in [0.05, 0.1) is 12.4 Å². The molecule has 2 nitrogen and oxygen atoms in total. The second-order valence-corrected chi connectivity index (χ2v) is 9.07. The lowest BCUT2D eigenvalue weighted by Crippen LogP contribution is -2.11. The average molecular weight is 295 g/mol. The van der Waals surface area contributed by atoms with Crippen LogP contribution in [0.15, 0.2) is 54.6 Å². The minimum atomic E-state index is -2.44. The van der Waals surface area contributed by atoms with Gasteiger partial charge in [0.15, 0.2) is 5.75 Å². The van der Waals surface area contributed by atoms with Gasteiger partial charge in [-0.1, -0.05) is 18.2 Å². The first kappa shape index (κ1) is 13.6. The number of ether oxygens (including phenoxy) is 1. The van der Waals surface area contributed by atoms with E-state index in [2.05, 4.69) is 0 Å². The molecule has 0 unspecified atom stereocenters. The fourth-order valence-electron chi connectivity index (χ4n) is 1.44. The van der Waals surface area contributed by atoms with Gasteiger partial charge in [-0.2, -0.15) is 0 Å². The van der Waals surface area contributed by atoms with Crippen LogP contribution in [0.2, 0.25) is 0 Å². The molecule has 2 aromatic rings. The second-order valence-electron chi connectivity index (χ2n) is 3.60.